The van der Waals surface area contributed by atoms with Crippen molar-refractivity contribution in [3.63, 3.8) is 0 Å². The van der Waals surface area contributed by atoms with Crippen molar-refractivity contribution in [3.05, 3.63) is 65.8 Å². The van der Waals surface area contributed by atoms with Crippen molar-refractivity contribution in [2.75, 3.05) is 18.4 Å². The number of aromatic nitrogens is 6. The molecule has 0 fully saturated rings. The minimum atomic E-state index is -0.756. The number of primary amides is 1. The van der Waals surface area contributed by atoms with Gasteiger partial charge in [-0.2, -0.15) is 5.10 Å². The van der Waals surface area contributed by atoms with E-state index in [4.69, 9.17) is 10.2 Å². The highest BCUT2D eigenvalue weighted by Crippen LogP contribution is 2.35. The Morgan fingerprint density at radius 3 is 2.92 bits per heavy atom. The molecule has 0 radical (unpaired) electrons. The van der Waals surface area contributed by atoms with Gasteiger partial charge in [-0.1, -0.05) is 12.1 Å². The molecule has 4 heterocycles. The number of anilines is 2. The average molecular weight is 490 g/mol. The van der Waals surface area contributed by atoms with Gasteiger partial charge < -0.3 is 20.6 Å². The van der Waals surface area contributed by atoms with Gasteiger partial charge in [-0.3, -0.25) is 14.4 Å². The number of rotatable bonds is 7. The SMILES string of the molecule is C[C@@H](O)CN1CC[C@@H](c2nnc(C(N)=O)o2)c2ccc(-c3ccnc(Nc4cnn(C)c4)n3)cc2C1. The maximum absolute atomic E-state index is 11.5. The van der Waals surface area contributed by atoms with E-state index in [1.54, 1.807) is 24.0 Å². The predicted octanol–water partition coefficient (Wildman–Crippen LogP) is 1.82. The molecule has 0 aliphatic carbocycles. The van der Waals surface area contributed by atoms with Crippen LogP contribution in [0.4, 0.5) is 11.6 Å². The maximum Gasteiger partial charge on any atom is 0.306 e. The monoisotopic (exact) mass is 489 g/mol. The third-order valence-electron chi connectivity index (χ3n) is 6.03. The summed E-state index contributed by atoms with van der Waals surface area (Å²) in [6.07, 6.45) is 5.47. The fourth-order valence-electron chi connectivity index (χ4n) is 4.48. The smallest absolute Gasteiger partial charge is 0.306 e. The average Bonchev–Trinajstić information content (AvgIpc) is 3.45. The Labute approximate surface area is 207 Å². The van der Waals surface area contributed by atoms with Crippen molar-refractivity contribution in [1.82, 2.24) is 34.8 Å². The number of amides is 1. The van der Waals surface area contributed by atoms with E-state index in [0.29, 0.717) is 37.9 Å². The van der Waals surface area contributed by atoms with E-state index in [1.165, 1.54) is 0 Å². The highest BCUT2D eigenvalue weighted by Gasteiger charge is 2.29. The molecule has 3 aromatic heterocycles. The number of aliphatic hydroxyl groups is 1. The van der Waals surface area contributed by atoms with Gasteiger partial charge in [-0.05, 0) is 43.1 Å². The first-order valence-corrected chi connectivity index (χ1v) is 11.6. The molecule has 12 nitrogen and oxygen atoms in total. The number of β-amino-alcohol motifs (C(OH)–C–C–N with tert-alkyl or cyclic N) is 1. The number of hydrogen-bond donors (Lipinski definition) is 3. The van der Waals surface area contributed by atoms with E-state index >= 15 is 0 Å². The molecule has 4 aromatic rings. The molecular weight excluding hydrogens is 462 g/mol. The zero-order valence-corrected chi connectivity index (χ0v) is 20.0. The number of carbonyl (C=O) groups is 1. The lowest BCUT2D eigenvalue weighted by molar-refractivity contribution is 0.0964. The lowest BCUT2D eigenvalue weighted by Gasteiger charge is -2.22. The number of benzene rings is 1. The number of carbonyl (C=O) groups excluding carboxylic acids is 1. The third-order valence-corrected chi connectivity index (χ3v) is 6.03. The zero-order chi connectivity index (χ0) is 25.2. The van der Waals surface area contributed by atoms with Crippen LogP contribution in [-0.2, 0) is 13.6 Å². The van der Waals surface area contributed by atoms with Crippen molar-refractivity contribution >= 4 is 17.5 Å². The summed E-state index contributed by atoms with van der Waals surface area (Å²) in [7, 11) is 1.84. The first-order valence-electron chi connectivity index (χ1n) is 11.6. The Bertz CT molecular complexity index is 1380. The molecule has 2 atom stereocenters. The molecule has 186 valence electrons. The number of aliphatic hydroxyl groups excluding tert-OH is 1. The van der Waals surface area contributed by atoms with Crippen molar-refractivity contribution < 1.29 is 14.3 Å². The standard InChI is InChI=1S/C24H27N9O3/c1-14(34)11-33-8-6-19(22-30-31-23(36-22)21(25)35)18-4-3-15(9-16(18)12-33)20-5-7-26-24(29-20)28-17-10-27-32(2)13-17/h3-5,7,9-10,13-14,19,34H,6,8,11-12H2,1-2H3,(H2,25,35)(H,26,28,29)/t14-,19-/m1/s1. The van der Waals surface area contributed by atoms with E-state index in [0.717, 1.165) is 28.1 Å². The van der Waals surface area contributed by atoms with Crippen LogP contribution in [0.1, 0.15) is 47.0 Å². The van der Waals surface area contributed by atoms with E-state index in [1.807, 2.05) is 31.4 Å². The first kappa shape index (κ1) is 23.6. The highest BCUT2D eigenvalue weighted by atomic mass is 16.4. The second-order valence-electron chi connectivity index (χ2n) is 8.94. The summed E-state index contributed by atoms with van der Waals surface area (Å²) >= 11 is 0. The van der Waals surface area contributed by atoms with Crippen LogP contribution in [-0.4, -0.2) is 65.1 Å². The molecule has 36 heavy (non-hydrogen) atoms. The van der Waals surface area contributed by atoms with Gasteiger partial charge in [-0.15, -0.1) is 10.2 Å². The third kappa shape index (κ3) is 5.09. The molecule has 0 bridgehead atoms. The predicted molar refractivity (Wildman–Crippen MR) is 130 cm³/mol. The topological polar surface area (TPSA) is 161 Å². The molecule has 0 unspecified atom stereocenters. The van der Waals surface area contributed by atoms with Crippen LogP contribution in [0, 0.1) is 0 Å². The molecule has 1 aromatic carbocycles. The van der Waals surface area contributed by atoms with Gasteiger partial charge in [0.15, 0.2) is 0 Å². The van der Waals surface area contributed by atoms with Crippen LogP contribution in [0.15, 0.2) is 47.3 Å². The summed E-state index contributed by atoms with van der Waals surface area (Å²) in [4.78, 5) is 22.7. The van der Waals surface area contributed by atoms with Crippen LogP contribution in [0.5, 0.6) is 0 Å². The molecular formula is C24H27N9O3. The summed E-state index contributed by atoms with van der Waals surface area (Å²) < 4.78 is 7.30. The minimum Gasteiger partial charge on any atom is -0.416 e. The van der Waals surface area contributed by atoms with Crippen LogP contribution in [0.25, 0.3) is 11.3 Å². The number of nitrogens with two attached hydrogens (primary N) is 1. The van der Waals surface area contributed by atoms with Crippen molar-refractivity contribution in [2.45, 2.75) is 31.9 Å². The van der Waals surface area contributed by atoms with E-state index < -0.39 is 12.0 Å². The van der Waals surface area contributed by atoms with Gasteiger partial charge in [0.25, 0.3) is 0 Å². The largest absolute Gasteiger partial charge is 0.416 e. The zero-order valence-electron chi connectivity index (χ0n) is 20.0. The molecule has 0 spiro atoms. The van der Waals surface area contributed by atoms with Gasteiger partial charge >= 0.3 is 11.8 Å². The molecule has 5 rings (SSSR count). The molecule has 1 aliphatic heterocycles. The maximum atomic E-state index is 11.5. The summed E-state index contributed by atoms with van der Waals surface area (Å²) in [6.45, 7) is 3.64. The van der Waals surface area contributed by atoms with Gasteiger partial charge in [0.1, 0.15) is 0 Å². The molecule has 1 aliphatic rings. The lowest BCUT2D eigenvalue weighted by Crippen LogP contribution is -2.30. The number of nitrogens with zero attached hydrogens (tertiary/aromatic N) is 7. The van der Waals surface area contributed by atoms with Gasteiger partial charge in [0.05, 0.1) is 29.6 Å². The fourth-order valence-corrected chi connectivity index (χ4v) is 4.48. The fraction of sp³-hybridized carbons (Fsp3) is 0.333. The Morgan fingerprint density at radius 2 is 2.19 bits per heavy atom. The quantitative estimate of drug-likeness (QED) is 0.349. The molecule has 1 amide bonds. The van der Waals surface area contributed by atoms with Gasteiger partial charge in [-0.25, -0.2) is 9.97 Å². The normalized spacial score (nSPS) is 16.8. The van der Waals surface area contributed by atoms with Crippen LogP contribution >= 0.6 is 0 Å². The van der Waals surface area contributed by atoms with Crippen molar-refractivity contribution in [1.29, 1.82) is 0 Å². The van der Waals surface area contributed by atoms with Crippen molar-refractivity contribution in [3.8, 4) is 11.3 Å². The molecule has 0 saturated heterocycles. The van der Waals surface area contributed by atoms with Crippen LogP contribution in [0.3, 0.4) is 0 Å². The number of nitrogens with one attached hydrogen (secondary N) is 1. The minimum absolute atomic E-state index is 0.206. The van der Waals surface area contributed by atoms with E-state index in [-0.39, 0.29) is 11.8 Å². The van der Waals surface area contributed by atoms with Crippen molar-refractivity contribution in [2.24, 2.45) is 12.8 Å². The van der Waals surface area contributed by atoms with Crippen LogP contribution < -0.4 is 11.1 Å². The Morgan fingerprint density at radius 1 is 1.33 bits per heavy atom. The Kier molecular flexibility index (Phi) is 6.44. The molecule has 0 saturated carbocycles. The number of aryl methyl sites for hydroxylation is 1. The number of fused-ring (bicyclic) bond motifs is 1. The summed E-state index contributed by atoms with van der Waals surface area (Å²) in [5, 5.41) is 25.2. The summed E-state index contributed by atoms with van der Waals surface area (Å²) in [6, 6.07) is 7.97. The Balaban J connectivity index is 1.49. The molecule has 12 heteroatoms. The highest BCUT2D eigenvalue weighted by molar-refractivity contribution is 5.87. The van der Waals surface area contributed by atoms with Gasteiger partial charge in [0.2, 0.25) is 11.8 Å². The first-order chi connectivity index (χ1) is 17.4. The lowest BCUT2D eigenvalue weighted by atomic mass is 9.91. The van der Waals surface area contributed by atoms with Crippen LogP contribution in [0.2, 0.25) is 0 Å². The number of hydrogen-bond acceptors (Lipinski definition) is 10. The van der Waals surface area contributed by atoms with E-state index in [2.05, 4.69) is 41.5 Å². The summed E-state index contributed by atoms with van der Waals surface area (Å²) in [5.74, 6) is -0.353. The second-order valence-corrected chi connectivity index (χ2v) is 8.94. The van der Waals surface area contributed by atoms with Gasteiger partial charge in [0, 0.05) is 38.1 Å². The summed E-state index contributed by atoms with van der Waals surface area (Å²) in [5.41, 5.74) is 9.86. The second kappa shape index (κ2) is 9.84. The molecule has 4 N–H and O–H groups in total. The Hall–Kier alpha value is -4.16. The van der Waals surface area contributed by atoms with E-state index in [9.17, 15) is 9.90 Å².